The van der Waals surface area contributed by atoms with E-state index >= 15 is 0 Å². The summed E-state index contributed by atoms with van der Waals surface area (Å²) in [6.07, 6.45) is 1.60. The number of carbonyl (C=O) groups excluding carboxylic acids is 1. The highest BCUT2D eigenvalue weighted by Crippen LogP contribution is 2.22. The van der Waals surface area contributed by atoms with E-state index in [4.69, 9.17) is 4.74 Å². The standard InChI is InChI=1S/C14H14N2O2/c1-2-15-13(17)12-9-6-10-16-14(12)18-11-7-4-3-5-8-11/h3-10H,2H2,1H3,(H,15,17). The number of hydrogen-bond donors (Lipinski definition) is 1. The maximum atomic E-state index is 11.8. The van der Waals surface area contributed by atoms with Crippen LogP contribution in [0.25, 0.3) is 0 Å². The first-order valence-corrected chi connectivity index (χ1v) is 5.77. The summed E-state index contributed by atoms with van der Waals surface area (Å²) in [5, 5.41) is 2.73. The summed E-state index contributed by atoms with van der Waals surface area (Å²) < 4.78 is 5.61. The molecule has 1 N–H and O–H groups in total. The van der Waals surface area contributed by atoms with E-state index in [9.17, 15) is 4.79 Å². The molecule has 1 aromatic carbocycles. The van der Waals surface area contributed by atoms with Gasteiger partial charge in [-0.15, -0.1) is 0 Å². The number of hydrogen-bond acceptors (Lipinski definition) is 3. The van der Waals surface area contributed by atoms with E-state index in [0.29, 0.717) is 23.7 Å². The second kappa shape index (κ2) is 5.82. The summed E-state index contributed by atoms with van der Waals surface area (Å²) in [4.78, 5) is 15.9. The Labute approximate surface area is 106 Å². The van der Waals surface area contributed by atoms with Crippen molar-refractivity contribution in [1.82, 2.24) is 10.3 Å². The fourth-order valence-corrected chi connectivity index (χ4v) is 1.50. The molecule has 18 heavy (non-hydrogen) atoms. The average molecular weight is 242 g/mol. The third kappa shape index (κ3) is 2.85. The number of para-hydroxylation sites is 1. The van der Waals surface area contributed by atoms with E-state index in [1.807, 2.05) is 37.3 Å². The van der Waals surface area contributed by atoms with E-state index in [-0.39, 0.29) is 5.91 Å². The summed E-state index contributed by atoms with van der Waals surface area (Å²) in [6, 6.07) is 12.7. The highest BCUT2D eigenvalue weighted by Gasteiger charge is 2.12. The van der Waals surface area contributed by atoms with Gasteiger partial charge >= 0.3 is 0 Å². The van der Waals surface area contributed by atoms with Gasteiger partial charge in [-0.1, -0.05) is 18.2 Å². The van der Waals surface area contributed by atoms with Gasteiger partial charge in [0.1, 0.15) is 11.3 Å². The molecule has 1 aromatic heterocycles. The molecule has 0 aliphatic heterocycles. The molecule has 0 aliphatic rings. The second-order valence-electron chi connectivity index (χ2n) is 3.63. The number of nitrogens with zero attached hydrogens (tertiary/aromatic N) is 1. The number of carbonyl (C=O) groups is 1. The van der Waals surface area contributed by atoms with Crippen LogP contribution in [0, 0.1) is 0 Å². The van der Waals surface area contributed by atoms with Gasteiger partial charge in [0.2, 0.25) is 5.88 Å². The molecule has 0 unspecified atom stereocenters. The normalized spacial score (nSPS) is 9.83. The molecule has 2 aromatic rings. The van der Waals surface area contributed by atoms with Gasteiger partial charge in [0, 0.05) is 12.7 Å². The minimum absolute atomic E-state index is 0.184. The van der Waals surface area contributed by atoms with E-state index in [1.165, 1.54) is 0 Å². The fraction of sp³-hybridized carbons (Fsp3) is 0.143. The molecule has 4 nitrogen and oxygen atoms in total. The lowest BCUT2D eigenvalue weighted by atomic mass is 10.2. The molecule has 92 valence electrons. The van der Waals surface area contributed by atoms with Crippen LogP contribution in [-0.4, -0.2) is 17.4 Å². The Hall–Kier alpha value is -2.36. The lowest BCUT2D eigenvalue weighted by molar-refractivity contribution is 0.0953. The first-order chi connectivity index (χ1) is 8.81. The largest absolute Gasteiger partial charge is 0.438 e. The summed E-state index contributed by atoms with van der Waals surface area (Å²) in [5.41, 5.74) is 0.434. The van der Waals surface area contributed by atoms with Crippen molar-refractivity contribution < 1.29 is 9.53 Å². The molecule has 0 aliphatic carbocycles. The van der Waals surface area contributed by atoms with Crippen LogP contribution in [0.4, 0.5) is 0 Å². The van der Waals surface area contributed by atoms with Gasteiger partial charge < -0.3 is 10.1 Å². The van der Waals surface area contributed by atoms with Gasteiger partial charge in [0.05, 0.1) is 0 Å². The lowest BCUT2D eigenvalue weighted by Crippen LogP contribution is -2.23. The Morgan fingerprint density at radius 2 is 2.00 bits per heavy atom. The Bertz CT molecular complexity index is 526. The van der Waals surface area contributed by atoms with Gasteiger partial charge in [-0.3, -0.25) is 4.79 Å². The zero-order valence-electron chi connectivity index (χ0n) is 10.1. The number of nitrogens with one attached hydrogen (secondary N) is 1. The molecule has 4 heteroatoms. The maximum Gasteiger partial charge on any atom is 0.256 e. The third-order valence-electron chi connectivity index (χ3n) is 2.31. The number of ether oxygens (including phenoxy) is 1. The molecule has 0 spiro atoms. The van der Waals surface area contributed by atoms with E-state index < -0.39 is 0 Å². The molecule has 0 saturated carbocycles. The third-order valence-corrected chi connectivity index (χ3v) is 2.31. The molecule has 0 radical (unpaired) electrons. The number of benzene rings is 1. The van der Waals surface area contributed by atoms with Gasteiger partial charge in [0.25, 0.3) is 5.91 Å². The van der Waals surface area contributed by atoms with E-state index in [2.05, 4.69) is 10.3 Å². The maximum absolute atomic E-state index is 11.8. The van der Waals surface area contributed by atoms with Crippen molar-refractivity contribution in [2.45, 2.75) is 6.92 Å². The second-order valence-corrected chi connectivity index (χ2v) is 3.63. The van der Waals surface area contributed by atoms with Crippen LogP contribution < -0.4 is 10.1 Å². The molecule has 0 bridgehead atoms. The Kier molecular flexibility index (Phi) is 3.91. The topological polar surface area (TPSA) is 51.2 Å². The number of pyridine rings is 1. The van der Waals surface area contributed by atoms with Crippen molar-refractivity contribution in [3.05, 3.63) is 54.2 Å². The molecule has 0 fully saturated rings. The van der Waals surface area contributed by atoms with Crippen molar-refractivity contribution in [3.63, 3.8) is 0 Å². The highest BCUT2D eigenvalue weighted by atomic mass is 16.5. The summed E-state index contributed by atoms with van der Waals surface area (Å²) >= 11 is 0. The predicted molar refractivity (Wildman–Crippen MR) is 68.8 cm³/mol. The van der Waals surface area contributed by atoms with Crippen molar-refractivity contribution in [3.8, 4) is 11.6 Å². The lowest BCUT2D eigenvalue weighted by Gasteiger charge is -2.09. The predicted octanol–water partition coefficient (Wildman–Crippen LogP) is 2.62. The van der Waals surface area contributed by atoms with Crippen molar-refractivity contribution in [2.75, 3.05) is 6.54 Å². The van der Waals surface area contributed by atoms with Crippen LogP contribution in [0.15, 0.2) is 48.7 Å². The molecular weight excluding hydrogens is 228 g/mol. The Morgan fingerprint density at radius 3 is 2.72 bits per heavy atom. The van der Waals surface area contributed by atoms with E-state index in [1.54, 1.807) is 18.3 Å². The average Bonchev–Trinajstić information content (AvgIpc) is 2.41. The molecule has 1 amide bonds. The van der Waals surface area contributed by atoms with Gasteiger partial charge in [-0.25, -0.2) is 4.98 Å². The number of amides is 1. The molecular formula is C14H14N2O2. The van der Waals surface area contributed by atoms with Crippen LogP contribution in [0.5, 0.6) is 11.6 Å². The SMILES string of the molecule is CCNC(=O)c1cccnc1Oc1ccccc1. The minimum atomic E-state index is -0.184. The van der Waals surface area contributed by atoms with Crippen LogP contribution in [0.1, 0.15) is 17.3 Å². The van der Waals surface area contributed by atoms with Crippen LogP contribution in [0.2, 0.25) is 0 Å². The highest BCUT2D eigenvalue weighted by molar-refractivity contribution is 5.96. The fourth-order valence-electron chi connectivity index (χ4n) is 1.50. The quantitative estimate of drug-likeness (QED) is 0.896. The van der Waals surface area contributed by atoms with Gasteiger partial charge in [0.15, 0.2) is 0 Å². The van der Waals surface area contributed by atoms with Crippen molar-refractivity contribution >= 4 is 5.91 Å². The Morgan fingerprint density at radius 1 is 1.22 bits per heavy atom. The molecule has 0 atom stereocenters. The number of rotatable bonds is 4. The first-order valence-electron chi connectivity index (χ1n) is 5.77. The zero-order valence-corrected chi connectivity index (χ0v) is 10.1. The van der Waals surface area contributed by atoms with Crippen LogP contribution in [0.3, 0.4) is 0 Å². The molecule has 0 saturated heterocycles. The van der Waals surface area contributed by atoms with E-state index in [0.717, 1.165) is 0 Å². The monoisotopic (exact) mass is 242 g/mol. The zero-order chi connectivity index (χ0) is 12.8. The van der Waals surface area contributed by atoms with Crippen molar-refractivity contribution in [1.29, 1.82) is 0 Å². The smallest absolute Gasteiger partial charge is 0.256 e. The van der Waals surface area contributed by atoms with Crippen molar-refractivity contribution in [2.24, 2.45) is 0 Å². The first kappa shape index (κ1) is 12.1. The van der Waals surface area contributed by atoms with Crippen LogP contribution in [-0.2, 0) is 0 Å². The number of aromatic nitrogens is 1. The summed E-state index contributed by atoms with van der Waals surface area (Å²) in [7, 11) is 0. The Balaban J connectivity index is 2.25. The molecule has 1 heterocycles. The van der Waals surface area contributed by atoms with Crippen LogP contribution >= 0.6 is 0 Å². The van der Waals surface area contributed by atoms with Gasteiger partial charge in [-0.2, -0.15) is 0 Å². The summed E-state index contributed by atoms with van der Waals surface area (Å²) in [5.74, 6) is 0.785. The van der Waals surface area contributed by atoms with Gasteiger partial charge in [-0.05, 0) is 31.2 Å². The summed E-state index contributed by atoms with van der Waals surface area (Å²) in [6.45, 7) is 2.44. The minimum Gasteiger partial charge on any atom is -0.438 e. The molecule has 2 rings (SSSR count).